The monoisotopic (exact) mass is 678 g/mol. The van der Waals surface area contributed by atoms with Gasteiger partial charge in [-0.25, -0.2) is 16.8 Å². The van der Waals surface area contributed by atoms with Crippen molar-refractivity contribution in [3.63, 3.8) is 0 Å². The molecule has 0 radical (unpaired) electrons. The number of methoxy groups -OCH3 is 1. The highest BCUT2D eigenvalue weighted by Gasteiger charge is 2.19. The highest BCUT2D eigenvalue weighted by atomic mass is 32.2. The van der Waals surface area contributed by atoms with Crippen LogP contribution in [0.5, 0.6) is 40.2 Å². The van der Waals surface area contributed by atoms with Crippen LogP contribution in [0.25, 0.3) is 0 Å². The Morgan fingerprint density at radius 3 is 0.792 bits per heavy atom. The Balaban J connectivity index is 1.05. The van der Waals surface area contributed by atoms with Crippen LogP contribution in [0.4, 0.5) is 0 Å². The Morgan fingerprint density at radius 2 is 0.542 bits per heavy atom. The molecule has 0 heterocycles. The van der Waals surface area contributed by atoms with Gasteiger partial charge in [-0.15, -0.1) is 0 Å². The van der Waals surface area contributed by atoms with Gasteiger partial charge >= 0.3 is 0 Å². The lowest BCUT2D eigenvalue weighted by atomic mass is 10.2. The van der Waals surface area contributed by atoms with Crippen molar-refractivity contribution in [2.45, 2.75) is 26.5 Å². The number of hydrogen-bond donors (Lipinski definition) is 0. The van der Waals surface area contributed by atoms with Gasteiger partial charge in [0.2, 0.25) is 19.7 Å². The first-order valence-electron chi connectivity index (χ1n) is 14.7. The molecule has 0 fully saturated rings. The van der Waals surface area contributed by atoms with E-state index < -0.39 is 19.7 Å². The van der Waals surface area contributed by atoms with E-state index in [1.165, 1.54) is 36.4 Å². The summed E-state index contributed by atoms with van der Waals surface area (Å²) in [5.74, 6) is 3.78. The van der Waals surface area contributed by atoms with E-state index in [0.29, 0.717) is 40.2 Å². The molecule has 8 nitrogen and oxygen atoms in total. The van der Waals surface area contributed by atoms with Gasteiger partial charge in [-0.3, -0.25) is 0 Å². The van der Waals surface area contributed by atoms with Gasteiger partial charge < -0.3 is 18.9 Å². The Kier molecular flexibility index (Phi) is 9.20. The molecule has 0 saturated carbocycles. The predicted octanol–water partition coefficient (Wildman–Crippen LogP) is 9.05. The van der Waals surface area contributed by atoms with Gasteiger partial charge in [-0.05, 0) is 140 Å². The topological polar surface area (TPSA) is 105 Å². The molecular weight excluding hydrogens is 649 g/mol. The van der Waals surface area contributed by atoms with Gasteiger partial charge in [0.05, 0.1) is 26.7 Å². The van der Waals surface area contributed by atoms with Crippen LogP contribution in [0.2, 0.25) is 0 Å². The summed E-state index contributed by atoms with van der Waals surface area (Å²) in [5, 5.41) is 0. The van der Waals surface area contributed by atoms with Crippen molar-refractivity contribution >= 4 is 19.7 Å². The molecule has 6 aromatic rings. The van der Waals surface area contributed by atoms with Gasteiger partial charge in [0.25, 0.3) is 0 Å². The van der Waals surface area contributed by atoms with Crippen LogP contribution >= 0.6 is 0 Å². The third-order valence-corrected chi connectivity index (χ3v) is 10.9. The van der Waals surface area contributed by atoms with E-state index in [2.05, 4.69) is 0 Å². The van der Waals surface area contributed by atoms with E-state index in [-0.39, 0.29) is 19.6 Å². The zero-order valence-electron chi connectivity index (χ0n) is 25.9. The average molecular weight is 679 g/mol. The van der Waals surface area contributed by atoms with Crippen molar-refractivity contribution in [3.8, 4) is 40.2 Å². The summed E-state index contributed by atoms with van der Waals surface area (Å²) in [7, 11) is -5.81. The summed E-state index contributed by atoms with van der Waals surface area (Å²) in [4.78, 5) is 0.668. The lowest BCUT2D eigenvalue weighted by Crippen LogP contribution is -2.02. The molecule has 0 bridgehead atoms. The maximum absolute atomic E-state index is 13.2. The molecule has 0 N–H and O–H groups in total. The largest absolute Gasteiger partial charge is 0.497 e. The fraction of sp³-hybridized carbons (Fsp3) is 0.0526. The second-order valence-electron chi connectivity index (χ2n) is 10.7. The zero-order chi connectivity index (χ0) is 33.7. The van der Waals surface area contributed by atoms with Crippen molar-refractivity contribution in [1.29, 1.82) is 0 Å². The van der Waals surface area contributed by atoms with Gasteiger partial charge in [0.1, 0.15) is 40.2 Å². The lowest BCUT2D eigenvalue weighted by Gasteiger charge is -2.10. The van der Waals surface area contributed by atoms with Crippen LogP contribution in [0.15, 0.2) is 165 Å². The first-order chi connectivity index (χ1) is 23.1. The molecule has 0 spiro atoms. The molecule has 0 atom stereocenters. The molecule has 0 unspecified atom stereocenters. The Hall–Kier alpha value is -5.58. The van der Waals surface area contributed by atoms with Gasteiger partial charge in [-0.2, -0.15) is 0 Å². The van der Waals surface area contributed by atoms with Crippen LogP contribution in [-0.2, 0) is 19.7 Å². The molecule has 6 rings (SSSR count). The minimum atomic E-state index is -3.77. The molecule has 0 saturated heterocycles. The molecule has 0 aliphatic rings. The maximum Gasteiger partial charge on any atom is 0.206 e. The van der Waals surface area contributed by atoms with Crippen molar-refractivity contribution in [2.75, 3.05) is 7.11 Å². The highest BCUT2D eigenvalue weighted by molar-refractivity contribution is 7.91. The smallest absolute Gasteiger partial charge is 0.206 e. The van der Waals surface area contributed by atoms with Crippen LogP contribution in [0, 0.1) is 6.92 Å². The van der Waals surface area contributed by atoms with Crippen LogP contribution in [0.1, 0.15) is 5.56 Å². The summed E-state index contributed by atoms with van der Waals surface area (Å²) >= 11 is 0. The third-order valence-electron chi connectivity index (χ3n) is 7.32. The average Bonchev–Trinajstić information content (AvgIpc) is 3.10. The summed E-state index contributed by atoms with van der Waals surface area (Å²) in [6.07, 6.45) is 0. The van der Waals surface area contributed by atoms with Gasteiger partial charge in [-0.1, -0.05) is 17.7 Å². The normalized spacial score (nSPS) is 11.5. The number of ether oxygens (including phenoxy) is 4. The maximum atomic E-state index is 13.2. The first-order valence-corrected chi connectivity index (χ1v) is 17.7. The van der Waals surface area contributed by atoms with Crippen molar-refractivity contribution in [1.82, 2.24) is 0 Å². The first kappa shape index (κ1) is 32.4. The second-order valence-corrected chi connectivity index (χ2v) is 14.6. The Labute approximate surface area is 279 Å². The number of benzene rings is 6. The van der Waals surface area contributed by atoms with Crippen LogP contribution in [0.3, 0.4) is 0 Å². The molecule has 48 heavy (non-hydrogen) atoms. The van der Waals surface area contributed by atoms with Crippen LogP contribution in [-0.4, -0.2) is 23.9 Å². The van der Waals surface area contributed by atoms with E-state index in [1.807, 2.05) is 6.92 Å². The predicted molar refractivity (Wildman–Crippen MR) is 181 cm³/mol. The van der Waals surface area contributed by atoms with Gasteiger partial charge in [0, 0.05) is 0 Å². The summed E-state index contributed by atoms with van der Waals surface area (Å²) in [5.41, 5.74) is 0.981. The van der Waals surface area contributed by atoms with Crippen molar-refractivity contribution in [3.05, 3.63) is 151 Å². The number of rotatable bonds is 11. The van der Waals surface area contributed by atoms with E-state index >= 15 is 0 Å². The molecule has 0 aromatic heterocycles. The SMILES string of the molecule is COc1ccc(Oc2ccc(S(=O)(=O)c3ccc(Oc4ccc(Oc5ccc(S(=O)(=O)c6ccc(C)cc6)cc5)cc4)cc3)cc2)cc1. The second kappa shape index (κ2) is 13.6. The minimum Gasteiger partial charge on any atom is -0.497 e. The molecule has 0 amide bonds. The number of aryl methyl sites for hydroxylation is 1. The number of sulfone groups is 2. The van der Waals surface area contributed by atoms with E-state index in [0.717, 1.165) is 5.56 Å². The van der Waals surface area contributed by atoms with Crippen molar-refractivity contribution in [2.24, 2.45) is 0 Å². The zero-order valence-corrected chi connectivity index (χ0v) is 27.6. The number of hydrogen-bond acceptors (Lipinski definition) is 8. The summed E-state index contributed by atoms with van der Waals surface area (Å²) in [6.45, 7) is 1.90. The quantitative estimate of drug-likeness (QED) is 0.134. The van der Waals surface area contributed by atoms with Gasteiger partial charge in [0.15, 0.2) is 0 Å². The summed E-state index contributed by atoms with van der Waals surface area (Å²) in [6, 6.07) is 39.3. The fourth-order valence-electron chi connectivity index (χ4n) is 4.68. The molecule has 242 valence electrons. The standard InChI is InChI=1S/C38H30O8S2/c1-27-3-19-35(20-4-27)47(39,40)36-21-13-33(14-22-36)45-30-9-11-31(12-10-30)46-34-17-25-38(26-18-34)48(41,42)37-23-15-32(16-24-37)44-29-7-5-28(43-2)6-8-29/h3-26H,1-2H3. The Morgan fingerprint density at radius 1 is 0.333 bits per heavy atom. The van der Waals surface area contributed by atoms with Crippen molar-refractivity contribution < 1.29 is 35.8 Å². The molecular formula is C38H30O8S2. The fourth-order valence-corrected chi connectivity index (χ4v) is 7.20. The van der Waals surface area contributed by atoms with E-state index in [1.54, 1.807) is 116 Å². The molecule has 6 aromatic carbocycles. The summed E-state index contributed by atoms with van der Waals surface area (Å²) < 4.78 is 75.0. The highest BCUT2D eigenvalue weighted by Crippen LogP contribution is 2.31. The minimum absolute atomic E-state index is 0.125. The van der Waals surface area contributed by atoms with Crippen LogP contribution < -0.4 is 18.9 Å². The Bertz CT molecular complexity index is 2210. The van der Waals surface area contributed by atoms with E-state index in [4.69, 9.17) is 18.9 Å². The lowest BCUT2D eigenvalue weighted by molar-refractivity contribution is 0.413. The van der Waals surface area contributed by atoms with E-state index in [9.17, 15) is 16.8 Å². The molecule has 10 heteroatoms. The molecule has 0 aliphatic carbocycles. The molecule has 0 aliphatic heterocycles. The third kappa shape index (κ3) is 7.35.